The van der Waals surface area contributed by atoms with Crippen molar-refractivity contribution in [1.82, 2.24) is 9.80 Å². The number of hydrogen-bond acceptors (Lipinski definition) is 5. The van der Waals surface area contributed by atoms with Crippen LogP contribution < -0.4 is 5.32 Å². The molecule has 2 amide bonds. The topological polar surface area (TPSA) is 90.0 Å². The number of urea groups is 1. The summed E-state index contributed by atoms with van der Waals surface area (Å²) in [6.45, 7) is 6.84. The lowest BCUT2D eigenvalue weighted by Crippen LogP contribution is -2.58. The summed E-state index contributed by atoms with van der Waals surface area (Å²) in [4.78, 5) is 42.5. The van der Waals surface area contributed by atoms with Crippen molar-refractivity contribution in [3.63, 3.8) is 0 Å². The molecule has 6 rings (SSSR count). The maximum atomic E-state index is 13.8. The molecule has 1 aromatic carbocycles. The van der Waals surface area contributed by atoms with Crippen molar-refractivity contribution in [2.24, 2.45) is 22.7 Å². The number of rotatable bonds is 4. The fourth-order valence-corrected chi connectivity index (χ4v) is 8.73. The van der Waals surface area contributed by atoms with Crippen LogP contribution in [-0.4, -0.2) is 70.8 Å². The number of benzene rings is 1. The van der Waals surface area contributed by atoms with Gasteiger partial charge in [0.25, 0.3) is 0 Å². The third-order valence-electron chi connectivity index (χ3n) is 11.1. The van der Waals surface area contributed by atoms with Crippen LogP contribution in [-0.2, 0) is 9.59 Å². The van der Waals surface area contributed by atoms with Gasteiger partial charge in [-0.05, 0) is 74.6 Å². The number of halogens is 1. The largest absolute Gasteiger partial charge is 0.381 e. The van der Waals surface area contributed by atoms with Crippen LogP contribution in [0, 0.1) is 22.7 Å². The van der Waals surface area contributed by atoms with Crippen LogP contribution in [0.1, 0.15) is 58.8 Å². The zero-order chi connectivity index (χ0) is 28.3. The van der Waals surface area contributed by atoms with E-state index in [0.29, 0.717) is 62.1 Å². The first-order valence-electron chi connectivity index (χ1n) is 14.8. The number of amides is 2. The molecule has 214 valence electrons. The highest BCUT2D eigenvalue weighted by Crippen LogP contribution is 2.65. The van der Waals surface area contributed by atoms with Gasteiger partial charge in [-0.1, -0.05) is 48.7 Å². The zero-order valence-corrected chi connectivity index (χ0v) is 24.3. The second kappa shape index (κ2) is 10.1. The van der Waals surface area contributed by atoms with Gasteiger partial charge in [0, 0.05) is 54.1 Å². The number of fused-ring (bicyclic) bond motifs is 5. The van der Waals surface area contributed by atoms with Crippen molar-refractivity contribution in [3.05, 3.63) is 52.6 Å². The van der Waals surface area contributed by atoms with Crippen LogP contribution in [0.5, 0.6) is 0 Å². The third kappa shape index (κ3) is 4.45. The van der Waals surface area contributed by atoms with Gasteiger partial charge in [0.05, 0.1) is 6.54 Å². The van der Waals surface area contributed by atoms with Crippen molar-refractivity contribution in [2.75, 3.05) is 38.0 Å². The number of anilines is 1. The summed E-state index contributed by atoms with van der Waals surface area (Å²) in [6, 6.07) is 6.90. The molecular formula is C32H40ClN3O4. The number of nitrogens with zero attached hydrogens (tertiary/aromatic N) is 2. The Balaban J connectivity index is 1.10. The van der Waals surface area contributed by atoms with Crippen LogP contribution in [0.2, 0.25) is 5.02 Å². The highest BCUT2D eigenvalue weighted by Gasteiger charge is 2.64. The van der Waals surface area contributed by atoms with Crippen molar-refractivity contribution >= 4 is 34.9 Å². The van der Waals surface area contributed by atoms with Crippen LogP contribution in [0.4, 0.5) is 10.5 Å². The second-order valence-electron chi connectivity index (χ2n) is 13.0. The van der Waals surface area contributed by atoms with Gasteiger partial charge in [-0.3, -0.25) is 14.5 Å². The van der Waals surface area contributed by atoms with E-state index in [9.17, 15) is 19.5 Å². The van der Waals surface area contributed by atoms with E-state index in [4.69, 9.17) is 11.6 Å². The molecule has 7 nitrogen and oxygen atoms in total. The van der Waals surface area contributed by atoms with Gasteiger partial charge < -0.3 is 15.3 Å². The maximum absolute atomic E-state index is 13.8. The first-order valence-corrected chi connectivity index (χ1v) is 15.2. The number of aliphatic hydroxyl groups is 1. The molecule has 0 bridgehead atoms. The molecule has 1 aromatic rings. The van der Waals surface area contributed by atoms with Crippen LogP contribution in [0.25, 0.3) is 0 Å². The minimum atomic E-state index is -1.35. The smallest absolute Gasteiger partial charge is 0.321 e. The molecule has 40 heavy (non-hydrogen) atoms. The molecule has 5 atom stereocenters. The minimum absolute atomic E-state index is 0.0540. The van der Waals surface area contributed by atoms with E-state index in [1.54, 1.807) is 29.2 Å². The third-order valence-corrected chi connectivity index (χ3v) is 11.3. The monoisotopic (exact) mass is 565 g/mol. The quantitative estimate of drug-likeness (QED) is 0.487. The fourth-order valence-electron chi connectivity index (χ4n) is 8.54. The number of carbonyl (C=O) groups excluding carboxylic acids is 3. The molecule has 1 aliphatic heterocycles. The zero-order valence-electron chi connectivity index (χ0n) is 23.5. The highest BCUT2D eigenvalue weighted by atomic mass is 35.5. The number of hydrogen-bond donors (Lipinski definition) is 2. The fraction of sp³-hybridized carbons (Fsp3) is 0.594. The number of piperazine rings is 1. The molecule has 0 radical (unpaired) electrons. The lowest BCUT2D eigenvalue weighted by Gasteiger charge is -2.54. The van der Waals surface area contributed by atoms with Crippen LogP contribution in [0.15, 0.2) is 47.6 Å². The summed E-state index contributed by atoms with van der Waals surface area (Å²) in [5, 5.41) is 15.5. The van der Waals surface area contributed by atoms with E-state index in [0.717, 1.165) is 25.7 Å². The molecule has 4 aliphatic carbocycles. The number of ketones is 2. The van der Waals surface area contributed by atoms with Crippen molar-refractivity contribution < 1.29 is 19.5 Å². The standard InChI is InChI=1S/C32H40ClN3O4/c1-30-11-8-24(37)18-21(30)6-7-25-26(30)9-12-31(2)27(25)10-13-32(31,40)28(38)20-35-14-16-36(17-15-35)29(39)34-23-5-3-4-22(33)19-23/h3-5,9,18-19,25,27,40H,6-8,10-17,20H2,1-2H3,(H,34,39)/t25-,27+,30+,31+,32+/m1/s1. The van der Waals surface area contributed by atoms with Gasteiger partial charge in [0.15, 0.2) is 11.6 Å². The van der Waals surface area contributed by atoms with Gasteiger partial charge in [-0.25, -0.2) is 4.79 Å². The molecule has 2 N–H and O–H groups in total. The van der Waals surface area contributed by atoms with Crippen molar-refractivity contribution in [1.29, 1.82) is 0 Å². The second-order valence-corrected chi connectivity index (χ2v) is 13.5. The highest BCUT2D eigenvalue weighted by molar-refractivity contribution is 6.30. The summed E-state index contributed by atoms with van der Waals surface area (Å²) >= 11 is 6.03. The normalized spacial score (nSPS) is 35.7. The first kappa shape index (κ1) is 27.7. The Hall–Kier alpha value is -2.48. The van der Waals surface area contributed by atoms with E-state index < -0.39 is 11.0 Å². The van der Waals surface area contributed by atoms with E-state index in [2.05, 4.69) is 30.1 Å². The average Bonchev–Trinajstić information content (AvgIpc) is 3.21. The molecule has 5 aliphatic rings. The van der Waals surface area contributed by atoms with Gasteiger partial charge in [-0.15, -0.1) is 0 Å². The van der Waals surface area contributed by atoms with Crippen molar-refractivity contribution in [2.45, 2.75) is 64.4 Å². The predicted molar refractivity (Wildman–Crippen MR) is 155 cm³/mol. The number of Topliss-reactive ketones (excluding diaryl/α,β-unsaturated/α-hetero) is 1. The van der Waals surface area contributed by atoms with Gasteiger partial charge in [-0.2, -0.15) is 0 Å². The van der Waals surface area contributed by atoms with Gasteiger partial charge >= 0.3 is 6.03 Å². The first-order chi connectivity index (χ1) is 19.0. The number of allylic oxidation sites excluding steroid dienone is 4. The molecular weight excluding hydrogens is 526 g/mol. The summed E-state index contributed by atoms with van der Waals surface area (Å²) in [5.74, 6) is 0.787. The Kier molecular flexibility index (Phi) is 6.99. The lowest BCUT2D eigenvalue weighted by molar-refractivity contribution is -0.154. The predicted octanol–water partition coefficient (Wildman–Crippen LogP) is 5.24. The Bertz CT molecular complexity index is 1300. The lowest BCUT2D eigenvalue weighted by atomic mass is 9.50. The molecule has 1 heterocycles. The molecule has 2 saturated carbocycles. The summed E-state index contributed by atoms with van der Waals surface area (Å²) in [7, 11) is 0. The van der Waals surface area contributed by atoms with E-state index in [1.807, 2.05) is 6.08 Å². The Labute approximate surface area is 241 Å². The molecule has 3 fully saturated rings. The number of nitrogens with one attached hydrogen (secondary N) is 1. The number of carbonyl (C=O) groups is 3. The molecule has 8 heteroatoms. The maximum Gasteiger partial charge on any atom is 0.321 e. The molecule has 0 aromatic heterocycles. The summed E-state index contributed by atoms with van der Waals surface area (Å²) in [5.41, 5.74) is 1.49. The Morgan fingerprint density at radius 3 is 2.62 bits per heavy atom. The summed E-state index contributed by atoms with van der Waals surface area (Å²) in [6.07, 6.45) is 9.66. The van der Waals surface area contributed by atoms with E-state index >= 15 is 0 Å². The van der Waals surface area contributed by atoms with Gasteiger partial charge in [0.2, 0.25) is 0 Å². The Morgan fingerprint density at radius 1 is 1.10 bits per heavy atom. The van der Waals surface area contributed by atoms with E-state index in [1.165, 1.54) is 11.1 Å². The van der Waals surface area contributed by atoms with Crippen LogP contribution >= 0.6 is 11.6 Å². The molecule has 1 saturated heterocycles. The van der Waals surface area contributed by atoms with Gasteiger partial charge in [0.1, 0.15) is 5.60 Å². The Morgan fingerprint density at radius 2 is 1.88 bits per heavy atom. The minimum Gasteiger partial charge on any atom is -0.381 e. The van der Waals surface area contributed by atoms with Crippen molar-refractivity contribution in [3.8, 4) is 0 Å². The molecule has 0 spiro atoms. The van der Waals surface area contributed by atoms with E-state index in [-0.39, 0.29) is 35.5 Å². The summed E-state index contributed by atoms with van der Waals surface area (Å²) < 4.78 is 0. The SMILES string of the molecule is C[C@]12CCC(=O)C=C1CC[C@@H]1C2=CC[C@@]2(C)[C@H]1CC[C@]2(O)C(=O)CN1CCN(C(=O)Nc2cccc(Cl)c2)CC1. The van der Waals surface area contributed by atoms with Crippen LogP contribution in [0.3, 0.4) is 0 Å². The average molecular weight is 566 g/mol. The molecule has 0 unspecified atom stereocenters.